The van der Waals surface area contributed by atoms with Crippen LogP contribution in [0.3, 0.4) is 0 Å². The summed E-state index contributed by atoms with van der Waals surface area (Å²) in [6, 6.07) is 2.61. The molecule has 1 aliphatic carbocycles. The van der Waals surface area contributed by atoms with E-state index in [9.17, 15) is 0 Å². The number of nitrogens with one attached hydrogen (secondary N) is 1. The molecule has 104 valence electrons. The Morgan fingerprint density at radius 3 is 2.50 bits per heavy atom. The van der Waals surface area contributed by atoms with Crippen LogP contribution in [0.15, 0.2) is 0 Å². The highest BCUT2D eigenvalue weighted by Crippen LogP contribution is 2.35. The fourth-order valence-electron chi connectivity index (χ4n) is 4.62. The van der Waals surface area contributed by atoms with Crippen molar-refractivity contribution in [2.45, 2.75) is 82.8 Å². The molecule has 3 aliphatic rings. The van der Waals surface area contributed by atoms with Crippen LogP contribution in [0.4, 0.5) is 0 Å². The summed E-state index contributed by atoms with van der Waals surface area (Å²) < 4.78 is 0. The molecule has 1 N–H and O–H groups in total. The molecule has 3 rings (SSSR count). The summed E-state index contributed by atoms with van der Waals surface area (Å²) in [5, 5.41) is 3.75. The largest absolute Gasteiger partial charge is 0.312 e. The average molecular weight is 250 g/mol. The van der Waals surface area contributed by atoms with E-state index in [1.165, 1.54) is 70.9 Å². The molecule has 0 aromatic rings. The van der Waals surface area contributed by atoms with Gasteiger partial charge in [-0.15, -0.1) is 0 Å². The molecule has 0 amide bonds. The molecule has 2 saturated heterocycles. The van der Waals surface area contributed by atoms with Gasteiger partial charge in [-0.05, 0) is 70.4 Å². The third-order valence-corrected chi connectivity index (χ3v) is 5.77. The van der Waals surface area contributed by atoms with Crippen molar-refractivity contribution in [3.05, 3.63) is 0 Å². The lowest BCUT2D eigenvalue weighted by atomic mass is 9.83. The fraction of sp³-hybridized carbons (Fsp3) is 1.00. The first-order chi connectivity index (χ1) is 8.88. The van der Waals surface area contributed by atoms with Gasteiger partial charge in [0.2, 0.25) is 0 Å². The van der Waals surface area contributed by atoms with E-state index in [-0.39, 0.29) is 0 Å². The van der Waals surface area contributed by atoms with Crippen molar-refractivity contribution in [2.24, 2.45) is 5.92 Å². The van der Waals surface area contributed by atoms with E-state index in [1.54, 1.807) is 0 Å². The van der Waals surface area contributed by atoms with Crippen molar-refractivity contribution in [1.29, 1.82) is 0 Å². The van der Waals surface area contributed by atoms with E-state index in [1.807, 2.05) is 0 Å². The minimum atomic E-state index is 0.816. The molecule has 0 aromatic heterocycles. The van der Waals surface area contributed by atoms with Gasteiger partial charge < -0.3 is 5.32 Å². The van der Waals surface area contributed by atoms with Gasteiger partial charge in [0.1, 0.15) is 0 Å². The molecular formula is C16H30N2. The minimum Gasteiger partial charge on any atom is -0.312 e. The third-order valence-electron chi connectivity index (χ3n) is 5.77. The van der Waals surface area contributed by atoms with E-state index in [4.69, 9.17) is 0 Å². The summed E-state index contributed by atoms with van der Waals surface area (Å²) >= 11 is 0. The zero-order valence-electron chi connectivity index (χ0n) is 12.0. The van der Waals surface area contributed by atoms with E-state index < -0.39 is 0 Å². The lowest BCUT2D eigenvalue weighted by molar-refractivity contribution is 0.106. The zero-order valence-corrected chi connectivity index (χ0v) is 12.0. The summed E-state index contributed by atoms with van der Waals surface area (Å²) in [7, 11) is 0. The standard InChI is InChI=1S/C16H30N2/c1-2-13-7-9-14(10-8-13)18-12-4-6-16(18)15-5-3-11-17-15/h13-17H,2-12H2,1H3. The maximum absolute atomic E-state index is 3.75. The van der Waals surface area contributed by atoms with Crippen LogP contribution in [0.2, 0.25) is 0 Å². The maximum Gasteiger partial charge on any atom is 0.0252 e. The average Bonchev–Trinajstić information content (AvgIpc) is 3.09. The van der Waals surface area contributed by atoms with Crippen molar-refractivity contribution in [1.82, 2.24) is 10.2 Å². The smallest absolute Gasteiger partial charge is 0.0252 e. The Kier molecular flexibility index (Phi) is 4.25. The number of likely N-dealkylation sites (tertiary alicyclic amines) is 1. The van der Waals surface area contributed by atoms with Gasteiger partial charge in [-0.25, -0.2) is 0 Å². The first-order valence-corrected chi connectivity index (χ1v) is 8.37. The van der Waals surface area contributed by atoms with Crippen LogP contribution >= 0.6 is 0 Å². The molecule has 0 bridgehead atoms. The molecule has 2 heteroatoms. The summed E-state index contributed by atoms with van der Waals surface area (Å²) in [5.74, 6) is 1.03. The summed E-state index contributed by atoms with van der Waals surface area (Å²) in [4.78, 5) is 2.90. The van der Waals surface area contributed by atoms with Gasteiger partial charge in [0.25, 0.3) is 0 Å². The maximum atomic E-state index is 3.75. The molecule has 18 heavy (non-hydrogen) atoms. The molecule has 0 spiro atoms. The van der Waals surface area contributed by atoms with Crippen molar-refractivity contribution in [2.75, 3.05) is 13.1 Å². The zero-order chi connectivity index (χ0) is 12.4. The molecule has 2 nitrogen and oxygen atoms in total. The molecule has 0 radical (unpaired) electrons. The molecule has 2 atom stereocenters. The number of hydrogen-bond donors (Lipinski definition) is 1. The van der Waals surface area contributed by atoms with Crippen LogP contribution in [-0.2, 0) is 0 Å². The van der Waals surface area contributed by atoms with Crippen LogP contribution < -0.4 is 5.32 Å². The number of rotatable bonds is 3. The van der Waals surface area contributed by atoms with Crippen molar-refractivity contribution in [3.63, 3.8) is 0 Å². The van der Waals surface area contributed by atoms with Crippen LogP contribution in [0.25, 0.3) is 0 Å². The molecule has 3 fully saturated rings. The molecular weight excluding hydrogens is 220 g/mol. The Labute approximate surface area is 113 Å². The van der Waals surface area contributed by atoms with Crippen LogP contribution in [0.1, 0.15) is 64.7 Å². The SMILES string of the molecule is CCC1CCC(N2CCCC2C2CCCN2)CC1. The normalized spacial score (nSPS) is 42.5. The van der Waals surface area contributed by atoms with Crippen LogP contribution in [0.5, 0.6) is 0 Å². The highest BCUT2D eigenvalue weighted by molar-refractivity contribution is 4.95. The molecule has 2 unspecified atom stereocenters. The summed E-state index contributed by atoms with van der Waals surface area (Å²) in [6.45, 7) is 5.01. The number of nitrogens with zero attached hydrogens (tertiary/aromatic N) is 1. The highest BCUT2D eigenvalue weighted by Gasteiger charge is 2.37. The van der Waals surface area contributed by atoms with Gasteiger partial charge >= 0.3 is 0 Å². The second kappa shape index (κ2) is 5.92. The highest BCUT2D eigenvalue weighted by atomic mass is 15.2. The first-order valence-electron chi connectivity index (χ1n) is 8.37. The Hall–Kier alpha value is -0.0800. The molecule has 1 saturated carbocycles. The van der Waals surface area contributed by atoms with Gasteiger partial charge in [-0.2, -0.15) is 0 Å². The summed E-state index contributed by atoms with van der Waals surface area (Å²) in [6.07, 6.45) is 13.0. The van der Waals surface area contributed by atoms with E-state index in [0.717, 1.165) is 24.0 Å². The Balaban J connectivity index is 1.57. The van der Waals surface area contributed by atoms with Crippen LogP contribution in [-0.4, -0.2) is 36.1 Å². The van der Waals surface area contributed by atoms with Crippen molar-refractivity contribution >= 4 is 0 Å². The third kappa shape index (κ3) is 2.60. The van der Waals surface area contributed by atoms with Gasteiger partial charge in [0.05, 0.1) is 0 Å². The quantitative estimate of drug-likeness (QED) is 0.827. The van der Waals surface area contributed by atoms with E-state index >= 15 is 0 Å². The van der Waals surface area contributed by atoms with E-state index in [2.05, 4.69) is 17.1 Å². The van der Waals surface area contributed by atoms with E-state index in [0.29, 0.717) is 0 Å². The monoisotopic (exact) mass is 250 g/mol. The Morgan fingerprint density at radius 1 is 1.00 bits per heavy atom. The number of hydrogen-bond acceptors (Lipinski definition) is 2. The van der Waals surface area contributed by atoms with Crippen molar-refractivity contribution in [3.8, 4) is 0 Å². The second-order valence-corrected chi connectivity index (χ2v) is 6.73. The van der Waals surface area contributed by atoms with Gasteiger partial charge in [-0.3, -0.25) is 4.90 Å². The molecule has 2 heterocycles. The topological polar surface area (TPSA) is 15.3 Å². The molecule has 0 aromatic carbocycles. The van der Waals surface area contributed by atoms with Crippen molar-refractivity contribution < 1.29 is 0 Å². The fourth-order valence-corrected chi connectivity index (χ4v) is 4.62. The lowest BCUT2D eigenvalue weighted by Gasteiger charge is -2.39. The van der Waals surface area contributed by atoms with Gasteiger partial charge in [0.15, 0.2) is 0 Å². The van der Waals surface area contributed by atoms with Gasteiger partial charge in [0, 0.05) is 18.1 Å². The second-order valence-electron chi connectivity index (χ2n) is 6.73. The summed E-state index contributed by atoms with van der Waals surface area (Å²) in [5.41, 5.74) is 0. The minimum absolute atomic E-state index is 0.816. The Morgan fingerprint density at radius 2 is 1.83 bits per heavy atom. The van der Waals surface area contributed by atoms with Gasteiger partial charge in [-0.1, -0.05) is 13.3 Å². The predicted molar refractivity (Wildman–Crippen MR) is 76.8 cm³/mol. The first kappa shape index (κ1) is 12.9. The Bertz CT molecular complexity index is 252. The van der Waals surface area contributed by atoms with Crippen LogP contribution in [0, 0.1) is 5.92 Å². The predicted octanol–water partition coefficient (Wildman–Crippen LogP) is 3.17. The molecule has 2 aliphatic heterocycles. The lowest BCUT2D eigenvalue weighted by Crippen LogP contribution is -2.49.